The van der Waals surface area contributed by atoms with Gasteiger partial charge in [0, 0.05) is 12.7 Å². The van der Waals surface area contributed by atoms with Gasteiger partial charge in [-0.2, -0.15) is 0 Å². The molecule has 2 N–H and O–H groups in total. The Bertz CT molecular complexity index is 506. The molecule has 1 aromatic carbocycles. The summed E-state index contributed by atoms with van der Waals surface area (Å²) in [7, 11) is 1.15. The topological polar surface area (TPSA) is 83.8 Å². The Kier molecular flexibility index (Phi) is 6.12. The summed E-state index contributed by atoms with van der Waals surface area (Å²) in [6, 6.07) is 3.22. The molecule has 0 heterocycles. The minimum absolute atomic E-state index is 0.0272. The predicted octanol–water partition coefficient (Wildman–Crippen LogP) is 1.29. The maximum absolute atomic E-state index is 13.4. The molecule has 0 bridgehead atoms. The van der Waals surface area contributed by atoms with Crippen LogP contribution in [0.5, 0.6) is 0 Å². The van der Waals surface area contributed by atoms with Gasteiger partial charge in [-0.05, 0) is 23.8 Å². The summed E-state index contributed by atoms with van der Waals surface area (Å²) >= 11 is 0.847. The highest BCUT2D eigenvalue weighted by atomic mass is 32.2. The van der Waals surface area contributed by atoms with E-state index in [2.05, 4.69) is 4.74 Å². The zero-order valence-corrected chi connectivity index (χ0v) is 11.8. The highest BCUT2D eigenvalue weighted by Gasteiger charge is 2.21. The van der Waals surface area contributed by atoms with E-state index in [1.807, 2.05) is 0 Å². The van der Waals surface area contributed by atoms with E-state index in [1.54, 1.807) is 0 Å². The van der Waals surface area contributed by atoms with Crippen LogP contribution < -0.4 is 0 Å². The van der Waals surface area contributed by atoms with Crippen LogP contribution in [0.2, 0.25) is 0 Å². The van der Waals surface area contributed by atoms with Gasteiger partial charge in [-0.1, -0.05) is 11.8 Å². The Labute approximate surface area is 119 Å². The molecule has 110 valence electrons. The molecule has 0 aliphatic carbocycles. The molecule has 2 unspecified atom stereocenters. The van der Waals surface area contributed by atoms with Gasteiger partial charge < -0.3 is 14.9 Å². The van der Waals surface area contributed by atoms with Crippen LogP contribution in [0.3, 0.4) is 0 Å². The summed E-state index contributed by atoms with van der Waals surface area (Å²) in [6.45, 7) is 1.33. The highest BCUT2D eigenvalue weighted by Crippen LogP contribution is 2.22. The zero-order chi connectivity index (χ0) is 15.3. The van der Waals surface area contributed by atoms with Crippen LogP contribution in [0.4, 0.5) is 4.39 Å². The Hall–Kier alpha value is -1.44. The van der Waals surface area contributed by atoms with Crippen LogP contribution in [0.15, 0.2) is 18.2 Å². The summed E-state index contributed by atoms with van der Waals surface area (Å²) in [5, 5.41) is 19.4. The van der Waals surface area contributed by atoms with Gasteiger partial charge in [0.25, 0.3) is 0 Å². The number of hydrogen-bond donors (Lipinski definition) is 2. The largest absolute Gasteiger partial charge is 0.465 e. The third-order valence-electron chi connectivity index (χ3n) is 2.50. The summed E-state index contributed by atoms with van der Waals surface area (Å²) < 4.78 is 17.9. The molecular weight excluding hydrogens is 287 g/mol. The molecule has 0 aromatic heterocycles. The number of ether oxygens (including phenoxy) is 1. The van der Waals surface area contributed by atoms with Crippen molar-refractivity contribution >= 4 is 22.8 Å². The average Bonchev–Trinajstić information content (AvgIpc) is 2.42. The molecule has 0 radical (unpaired) electrons. The summed E-state index contributed by atoms with van der Waals surface area (Å²) in [5.74, 6) is -1.50. The predicted molar refractivity (Wildman–Crippen MR) is 71.8 cm³/mol. The van der Waals surface area contributed by atoms with E-state index >= 15 is 0 Å². The second-order valence-corrected chi connectivity index (χ2v) is 5.28. The number of thioether (sulfide) groups is 1. The molecule has 7 heteroatoms. The first-order valence-electron chi connectivity index (χ1n) is 5.73. The number of hydrogen-bond acceptors (Lipinski definition) is 6. The van der Waals surface area contributed by atoms with Gasteiger partial charge in [-0.25, -0.2) is 9.18 Å². The first-order valence-corrected chi connectivity index (χ1v) is 6.72. The molecule has 20 heavy (non-hydrogen) atoms. The van der Waals surface area contributed by atoms with E-state index in [1.165, 1.54) is 13.0 Å². The zero-order valence-electron chi connectivity index (χ0n) is 11.0. The van der Waals surface area contributed by atoms with E-state index in [9.17, 15) is 24.2 Å². The lowest BCUT2D eigenvalue weighted by molar-refractivity contribution is -0.109. The van der Waals surface area contributed by atoms with Gasteiger partial charge in [0.2, 0.25) is 0 Å². The molecule has 0 aliphatic heterocycles. The lowest BCUT2D eigenvalue weighted by Gasteiger charge is -2.18. The second-order valence-electron chi connectivity index (χ2n) is 4.08. The lowest BCUT2D eigenvalue weighted by Crippen LogP contribution is -2.22. The third-order valence-corrected chi connectivity index (χ3v) is 3.42. The van der Waals surface area contributed by atoms with Gasteiger partial charge in [0.1, 0.15) is 11.9 Å². The first-order chi connectivity index (χ1) is 9.35. The van der Waals surface area contributed by atoms with Crippen molar-refractivity contribution in [3.8, 4) is 0 Å². The standard InChI is InChI=1S/C13H15FO5S/c1-7(15)20-6-11(16)12(17)8-3-9(13(18)19-2)5-10(14)4-8/h3-5,11-12,16-17H,6H2,1-2H3. The van der Waals surface area contributed by atoms with E-state index in [0.717, 1.165) is 31.0 Å². The minimum Gasteiger partial charge on any atom is -0.465 e. The van der Waals surface area contributed by atoms with Crippen LogP contribution in [-0.2, 0) is 9.53 Å². The van der Waals surface area contributed by atoms with Crippen molar-refractivity contribution in [3.63, 3.8) is 0 Å². The molecule has 1 aromatic rings. The van der Waals surface area contributed by atoms with Crippen LogP contribution in [0.1, 0.15) is 28.9 Å². The van der Waals surface area contributed by atoms with Gasteiger partial charge in [0.15, 0.2) is 5.12 Å². The van der Waals surface area contributed by atoms with Crippen molar-refractivity contribution in [3.05, 3.63) is 35.1 Å². The molecular formula is C13H15FO5S. The molecule has 0 saturated carbocycles. The first kappa shape index (κ1) is 16.6. The molecule has 0 saturated heterocycles. The van der Waals surface area contributed by atoms with E-state index in [4.69, 9.17) is 0 Å². The Morgan fingerprint density at radius 2 is 2.00 bits per heavy atom. The van der Waals surface area contributed by atoms with E-state index in [-0.39, 0.29) is 22.0 Å². The fraction of sp³-hybridized carbons (Fsp3) is 0.385. The summed E-state index contributed by atoms with van der Waals surface area (Å²) in [4.78, 5) is 22.1. The summed E-state index contributed by atoms with van der Waals surface area (Å²) in [6.07, 6.45) is -2.66. The van der Waals surface area contributed by atoms with Gasteiger partial charge in [0.05, 0.1) is 18.8 Å². The van der Waals surface area contributed by atoms with Crippen molar-refractivity contribution in [2.24, 2.45) is 0 Å². The molecule has 0 amide bonds. The Morgan fingerprint density at radius 1 is 1.35 bits per heavy atom. The molecule has 0 spiro atoms. The smallest absolute Gasteiger partial charge is 0.337 e. The number of aliphatic hydroxyl groups excluding tert-OH is 2. The number of aliphatic hydroxyl groups is 2. The fourth-order valence-electron chi connectivity index (χ4n) is 1.53. The van der Waals surface area contributed by atoms with Crippen molar-refractivity contribution in [1.82, 2.24) is 0 Å². The number of carbonyl (C=O) groups is 2. The van der Waals surface area contributed by atoms with Crippen molar-refractivity contribution in [1.29, 1.82) is 0 Å². The van der Waals surface area contributed by atoms with Crippen LogP contribution in [0.25, 0.3) is 0 Å². The maximum Gasteiger partial charge on any atom is 0.337 e. The van der Waals surface area contributed by atoms with Gasteiger partial charge in [-0.15, -0.1) is 0 Å². The Balaban J connectivity index is 2.91. The molecule has 5 nitrogen and oxygen atoms in total. The molecule has 2 atom stereocenters. The van der Waals surface area contributed by atoms with Crippen molar-refractivity contribution < 1.29 is 28.9 Å². The van der Waals surface area contributed by atoms with E-state index in [0.29, 0.717) is 0 Å². The minimum atomic E-state index is -1.40. The number of benzene rings is 1. The highest BCUT2D eigenvalue weighted by molar-refractivity contribution is 8.13. The SMILES string of the molecule is COC(=O)c1cc(F)cc(C(O)C(O)CSC(C)=O)c1. The van der Waals surface area contributed by atoms with Gasteiger partial charge >= 0.3 is 5.97 Å². The third kappa shape index (κ3) is 4.59. The average molecular weight is 302 g/mol. The number of methoxy groups -OCH3 is 1. The molecule has 0 aliphatic rings. The van der Waals surface area contributed by atoms with Crippen LogP contribution in [-0.4, -0.2) is 40.3 Å². The van der Waals surface area contributed by atoms with Crippen molar-refractivity contribution in [2.75, 3.05) is 12.9 Å². The lowest BCUT2D eigenvalue weighted by atomic mass is 10.0. The van der Waals surface area contributed by atoms with Gasteiger partial charge in [-0.3, -0.25) is 4.79 Å². The van der Waals surface area contributed by atoms with Crippen LogP contribution >= 0.6 is 11.8 Å². The normalized spacial score (nSPS) is 13.7. The van der Waals surface area contributed by atoms with Crippen molar-refractivity contribution in [2.45, 2.75) is 19.1 Å². The fourth-order valence-corrected chi connectivity index (χ4v) is 2.12. The molecule has 1 rings (SSSR count). The van der Waals surface area contributed by atoms with Crippen LogP contribution in [0, 0.1) is 5.82 Å². The second kappa shape index (κ2) is 7.37. The monoisotopic (exact) mass is 302 g/mol. The summed E-state index contributed by atoms with van der Waals surface area (Å²) in [5.41, 5.74) is -0.0185. The number of carbonyl (C=O) groups excluding carboxylic acids is 2. The number of halogens is 1. The Morgan fingerprint density at radius 3 is 2.55 bits per heavy atom. The number of rotatable bonds is 5. The number of esters is 1. The van der Waals surface area contributed by atoms with E-state index < -0.39 is 24.0 Å². The maximum atomic E-state index is 13.4. The quantitative estimate of drug-likeness (QED) is 0.797. The molecule has 0 fully saturated rings.